The van der Waals surface area contributed by atoms with Crippen molar-refractivity contribution in [1.82, 2.24) is 24.3 Å². The van der Waals surface area contributed by atoms with Crippen molar-refractivity contribution in [3.63, 3.8) is 0 Å². The fraction of sp³-hybridized carbons (Fsp3) is 0.370. The molecule has 0 saturated carbocycles. The van der Waals surface area contributed by atoms with E-state index in [-0.39, 0.29) is 18.4 Å². The number of hydrogen-bond acceptors (Lipinski definition) is 3. The Labute approximate surface area is 211 Å². The van der Waals surface area contributed by atoms with E-state index < -0.39 is 18.1 Å². The highest BCUT2D eigenvalue weighted by Crippen LogP contribution is 2.30. The van der Waals surface area contributed by atoms with Crippen molar-refractivity contribution >= 4 is 33.8 Å². The predicted octanol–water partition coefficient (Wildman–Crippen LogP) is 4.74. The number of piperidine rings is 1. The molecule has 194 valence electrons. The number of carbonyl (C=O) groups excluding carboxylic acids is 2. The van der Waals surface area contributed by atoms with Crippen molar-refractivity contribution in [3.05, 3.63) is 54.1 Å². The van der Waals surface area contributed by atoms with E-state index >= 15 is 0 Å². The first-order valence-electron chi connectivity index (χ1n) is 12.3. The fourth-order valence-electron chi connectivity index (χ4n) is 5.17. The molecule has 10 heteroatoms. The molecular formula is C27H28F3N5O2. The Hall–Kier alpha value is -3.82. The third kappa shape index (κ3) is 4.45. The van der Waals surface area contributed by atoms with Crippen LogP contribution in [-0.4, -0.2) is 56.1 Å². The summed E-state index contributed by atoms with van der Waals surface area (Å²) in [7, 11) is 1.93. The van der Waals surface area contributed by atoms with Gasteiger partial charge in [-0.1, -0.05) is 25.1 Å². The summed E-state index contributed by atoms with van der Waals surface area (Å²) < 4.78 is 42.5. The van der Waals surface area contributed by atoms with Crippen molar-refractivity contribution in [1.29, 1.82) is 0 Å². The van der Waals surface area contributed by atoms with Crippen LogP contribution in [0.25, 0.3) is 33.5 Å². The van der Waals surface area contributed by atoms with Gasteiger partial charge in [-0.3, -0.25) is 9.59 Å². The third-order valence-corrected chi connectivity index (χ3v) is 7.30. The number of carbonyl (C=O) groups is 2. The predicted molar refractivity (Wildman–Crippen MR) is 135 cm³/mol. The molecule has 1 N–H and O–H groups in total. The number of rotatable bonds is 4. The zero-order valence-electron chi connectivity index (χ0n) is 20.8. The van der Waals surface area contributed by atoms with Gasteiger partial charge in [-0.2, -0.15) is 13.2 Å². The summed E-state index contributed by atoms with van der Waals surface area (Å²) in [5.74, 6) is -1.68. The number of hydrogen-bond donors (Lipinski definition) is 1. The van der Waals surface area contributed by atoms with Crippen LogP contribution in [0.5, 0.6) is 0 Å². The summed E-state index contributed by atoms with van der Waals surface area (Å²) in [4.78, 5) is 31.1. The van der Waals surface area contributed by atoms with Gasteiger partial charge in [0.25, 0.3) is 5.91 Å². The fourth-order valence-corrected chi connectivity index (χ4v) is 5.17. The van der Waals surface area contributed by atoms with Crippen molar-refractivity contribution in [2.75, 3.05) is 13.1 Å². The lowest BCUT2D eigenvalue weighted by Gasteiger charge is -2.37. The number of imidazole rings is 1. The molecule has 0 radical (unpaired) electrons. The van der Waals surface area contributed by atoms with Gasteiger partial charge in [-0.05, 0) is 49.6 Å². The van der Waals surface area contributed by atoms with Crippen LogP contribution in [-0.2, 0) is 18.4 Å². The molecule has 2 amide bonds. The van der Waals surface area contributed by atoms with E-state index in [4.69, 9.17) is 4.98 Å². The molecule has 2 aromatic heterocycles. The smallest absolute Gasteiger partial charge is 0.343 e. The number of nitrogens with one attached hydrogen (secondary N) is 1. The highest BCUT2D eigenvalue weighted by molar-refractivity contribution is 5.98. The van der Waals surface area contributed by atoms with Gasteiger partial charge in [-0.15, -0.1) is 0 Å². The number of aryl methyl sites for hydroxylation is 2. The zero-order valence-corrected chi connectivity index (χ0v) is 20.8. The minimum atomic E-state index is -4.96. The lowest BCUT2D eigenvalue weighted by atomic mass is 9.93. The summed E-state index contributed by atoms with van der Waals surface area (Å²) in [5.41, 5.74) is 4.02. The Morgan fingerprint density at radius 1 is 1.11 bits per heavy atom. The lowest BCUT2D eigenvalue weighted by Crippen LogP contribution is -2.55. The van der Waals surface area contributed by atoms with Crippen LogP contribution >= 0.6 is 0 Å². The maximum atomic E-state index is 13.3. The van der Waals surface area contributed by atoms with Crippen LogP contribution in [0.15, 0.2) is 48.5 Å². The molecule has 2 aromatic carbocycles. The van der Waals surface area contributed by atoms with Crippen LogP contribution in [0.3, 0.4) is 0 Å². The summed E-state index contributed by atoms with van der Waals surface area (Å²) >= 11 is 0. The molecule has 4 aromatic rings. The molecule has 5 rings (SSSR count). The van der Waals surface area contributed by atoms with Gasteiger partial charge in [-0.25, -0.2) is 4.98 Å². The van der Waals surface area contributed by atoms with E-state index in [0.29, 0.717) is 24.0 Å². The molecule has 0 unspecified atom stereocenters. The van der Waals surface area contributed by atoms with Gasteiger partial charge in [0.1, 0.15) is 0 Å². The molecule has 1 aliphatic heterocycles. The number of halogens is 3. The highest BCUT2D eigenvalue weighted by atomic mass is 19.4. The minimum absolute atomic E-state index is 0.0178. The molecule has 2 atom stereocenters. The van der Waals surface area contributed by atoms with Crippen LogP contribution < -0.4 is 5.32 Å². The van der Waals surface area contributed by atoms with E-state index in [1.807, 2.05) is 35.1 Å². The summed E-state index contributed by atoms with van der Waals surface area (Å²) in [6, 6.07) is 14.8. The molecule has 0 bridgehead atoms. The molecular weight excluding hydrogens is 483 g/mol. The first-order valence-corrected chi connectivity index (χ1v) is 12.3. The Bertz CT molecular complexity index is 1500. The summed E-state index contributed by atoms with van der Waals surface area (Å²) in [6.45, 7) is 5.05. The van der Waals surface area contributed by atoms with Crippen molar-refractivity contribution in [3.8, 4) is 11.5 Å². The second-order valence-corrected chi connectivity index (χ2v) is 9.63. The zero-order chi connectivity index (χ0) is 26.5. The molecule has 0 spiro atoms. The van der Waals surface area contributed by atoms with Gasteiger partial charge in [0.15, 0.2) is 5.82 Å². The standard InChI is InChI=1S/C27H28F3N5O2/c1-4-35-21-8-6-5-7-17(21)14-23(35)24-31-19-13-18(9-10-22(19)33(24)3)25(36)34-12-11-16(2)20(15-34)32-26(37)27(28,29)30/h5-10,13-14,16,20H,4,11-12,15H2,1-3H3,(H,32,37)/t16-,20-/m0/s1. The van der Waals surface area contributed by atoms with Crippen LogP contribution in [0.1, 0.15) is 30.6 Å². The van der Waals surface area contributed by atoms with Gasteiger partial charge in [0, 0.05) is 49.2 Å². The molecule has 7 nitrogen and oxygen atoms in total. The maximum absolute atomic E-state index is 13.3. The second kappa shape index (κ2) is 9.24. The molecule has 1 fully saturated rings. The van der Waals surface area contributed by atoms with Crippen molar-refractivity contribution in [2.45, 2.75) is 39.0 Å². The SMILES string of the molecule is CCn1c(-c2nc3cc(C(=O)N4CC[C@H](C)[C@@H](NC(=O)C(F)(F)F)C4)ccc3n2C)cc2ccccc21. The number of fused-ring (bicyclic) bond motifs is 2. The van der Waals surface area contributed by atoms with Gasteiger partial charge < -0.3 is 19.4 Å². The Morgan fingerprint density at radius 3 is 2.59 bits per heavy atom. The highest BCUT2D eigenvalue weighted by Gasteiger charge is 2.41. The summed E-state index contributed by atoms with van der Waals surface area (Å²) in [5, 5.41) is 3.17. The number of benzene rings is 2. The van der Waals surface area contributed by atoms with E-state index in [1.165, 1.54) is 4.90 Å². The van der Waals surface area contributed by atoms with Crippen molar-refractivity contribution < 1.29 is 22.8 Å². The van der Waals surface area contributed by atoms with E-state index in [1.54, 1.807) is 19.1 Å². The minimum Gasteiger partial charge on any atom is -0.343 e. The number of amides is 2. The quantitative estimate of drug-likeness (QED) is 0.430. The molecule has 1 aliphatic rings. The van der Waals surface area contributed by atoms with Crippen LogP contribution in [0.2, 0.25) is 0 Å². The van der Waals surface area contributed by atoms with E-state index in [9.17, 15) is 22.8 Å². The number of para-hydroxylation sites is 1. The Balaban J connectivity index is 1.43. The van der Waals surface area contributed by atoms with E-state index in [2.05, 4.69) is 29.7 Å². The third-order valence-electron chi connectivity index (χ3n) is 7.30. The van der Waals surface area contributed by atoms with Gasteiger partial charge in [0.05, 0.1) is 16.7 Å². The maximum Gasteiger partial charge on any atom is 0.471 e. The topological polar surface area (TPSA) is 72.2 Å². The summed E-state index contributed by atoms with van der Waals surface area (Å²) in [6.07, 6.45) is -4.47. The second-order valence-electron chi connectivity index (χ2n) is 9.63. The Morgan fingerprint density at radius 2 is 1.86 bits per heavy atom. The van der Waals surface area contributed by atoms with E-state index in [0.717, 1.165) is 34.5 Å². The lowest BCUT2D eigenvalue weighted by molar-refractivity contribution is -0.175. The number of nitrogens with zero attached hydrogens (tertiary/aromatic N) is 4. The largest absolute Gasteiger partial charge is 0.471 e. The van der Waals surface area contributed by atoms with Crippen molar-refractivity contribution in [2.24, 2.45) is 13.0 Å². The first-order chi connectivity index (χ1) is 17.6. The average molecular weight is 512 g/mol. The Kier molecular flexibility index (Phi) is 6.21. The van der Waals surface area contributed by atoms with Gasteiger partial charge in [0.2, 0.25) is 0 Å². The van der Waals surface area contributed by atoms with Crippen LogP contribution in [0, 0.1) is 5.92 Å². The molecule has 0 aliphatic carbocycles. The van der Waals surface area contributed by atoms with Crippen LogP contribution in [0.4, 0.5) is 13.2 Å². The van der Waals surface area contributed by atoms with Gasteiger partial charge >= 0.3 is 12.1 Å². The number of alkyl halides is 3. The monoisotopic (exact) mass is 511 g/mol. The molecule has 1 saturated heterocycles. The number of aromatic nitrogens is 3. The molecule has 37 heavy (non-hydrogen) atoms. The first kappa shape index (κ1) is 24.9. The molecule has 3 heterocycles. The normalized spacial score (nSPS) is 18.5. The number of likely N-dealkylation sites (tertiary alicyclic amines) is 1. The average Bonchev–Trinajstić information content (AvgIpc) is 3.41.